The van der Waals surface area contributed by atoms with Crippen molar-refractivity contribution in [1.29, 1.82) is 0 Å². The summed E-state index contributed by atoms with van der Waals surface area (Å²) in [4.78, 5) is 0.0331. The molecule has 2 nitrogen and oxygen atoms in total. The van der Waals surface area contributed by atoms with E-state index in [-0.39, 0.29) is 10.5 Å². The average Bonchev–Trinajstić information content (AvgIpc) is 2.45. The number of rotatable bonds is 3. The van der Waals surface area contributed by atoms with E-state index < -0.39 is 21.6 Å². The van der Waals surface area contributed by atoms with Crippen molar-refractivity contribution in [1.82, 2.24) is 0 Å². The molecule has 110 valence electrons. The third kappa shape index (κ3) is 3.72. The van der Waals surface area contributed by atoms with E-state index in [0.29, 0.717) is 0 Å². The van der Waals surface area contributed by atoms with Gasteiger partial charge >= 0.3 is 6.18 Å². The van der Waals surface area contributed by atoms with E-state index in [0.717, 1.165) is 17.6 Å². The fraction of sp³-hybridized carbons (Fsp3) is 0.0667. The number of halogens is 3. The summed E-state index contributed by atoms with van der Waals surface area (Å²) in [6.45, 7) is 0. The van der Waals surface area contributed by atoms with Gasteiger partial charge in [-0.25, -0.2) is 8.42 Å². The van der Waals surface area contributed by atoms with Gasteiger partial charge in [0.25, 0.3) is 0 Å². The number of sulfone groups is 1. The van der Waals surface area contributed by atoms with E-state index >= 15 is 0 Å². The first-order valence-electron chi connectivity index (χ1n) is 5.95. The maximum Gasteiger partial charge on any atom is 0.416 e. The first-order valence-corrected chi connectivity index (χ1v) is 7.50. The maximum absolute atomic E-state index is 12.8. The molecule has 2 aromatic rings. The molecular formula is C15H11F3O2S. The second-order valence-corrected chi connectivity index (χ2v) is 6.08. The van der Waals surface area contributed by atoms with Crippen LogP contribution in [-0.2, 0) is 16.0 Å². The minimum Gasteiger partial charge on any atom is -0.219 e. The Morgan fingerprint density at radius 2 is 1.43 bits per heavy atom. The van der Waals surface area contributed by atoms with Crippen molar-refractivity contribution in [2.75, 3.05) is 0 Å². The molecular weight excluding hydrogens is 301 g/mol. The van der Waals surface area contributed by atoms with Crippen LogP contribution in [0.4, 0.5) is 13.2 Å². The zero-order valence-electron chi connectivity index (χ0n) is 10.7. The Labute approximate surface area is 120 Å². The summed E-state index contributed by atoms with van der Waals surface area (Å²) in [5.41, 5.74) is -1.06. The molecule has 0 radical (unpaired) electrons. The van der Waals surface area contributed by atoms with Crippen molar-refractivity contribution in [3.8, 4) is 0 Å². The lowest BCUT2D eigenvalue weighted by molar-refractivity contribution is -0.137. The van der Waals surface area contributed by atoms with Gasteiger partial charge in [0.2, 0.25) is 0 Å². The van der Waals surface area contributed by atoms with Crippen LogP contribution in [0.15, 0.2) is 64.9 Å². The third-order valence-electron chi connectivity index (χ3n) is 2.76. The van der Waals surface area contributed by atoms with E-state index in [1.807, 2.05) is 0 Å². The van der Waals surface area contributed by atoms with Crippen LogP contribution in [0.25, 0.3) is 6.08 Å². The van der Waals surface area contributed by atoms with E-state index in [2.05, 4.69) is 0 Å². The van der Waals surface area contributed by atoms with Crippen LogP contribution in [-0.4, -0.2) is 8.42 Å². The van der Waals surface area contributed by atoms with Gasteiger partial charge in [0.1, 0.15) is 0 Å². The topological polar surface area (TPSA) is 34.1 Å². The molecule has 0 aliphatic carbocycles. The van der Waals surface area contributed by atoms with Crippen LogP contribution >= 0.6 is 0 Å². The van der Waals surface area contributed by atoms with Crippen LogP contribution < -0.4 is 0 Å². The normalized spacial score (nSPS) is 12.7. The second-order valence-electron chi connectivity index (χ2n) is 4.25. The van der Waals surface area contributed by atoms with Crippen LogP contribution in [0.1, 0.15) is 11.1 Å². The van der Waals surface area contributed by atoms with Gasteiger partial charge in [-0.15, -0.1) is 0 Å². The van der Waals surface area contributed by atoms with Gasteiger partial charge in [-0.2, -0.15) is 13.2 Å². The summed E-state index contributed by atoms with van der Waals surface area (Å²) in [6, 6.07) is 12.3. The average molecular weight is 312 g/mol. The second kappa shape index (κ2) is 5.73. The molecule has 0 bridgehead atoms. The molecule has 0 heterocycles. The minimum atomic E-state index is -4.53. The Morgan fingerprint density at radius 3 is 2.05 bits per heavy atom. The number of hydrogen-bond acceptors (Lipinski definition) is 2. The molecule has 0 saturated heterocycles. The Hall–Kier alpha value is -2.08. The van der Waals surface area contributed by atoms with Gasteiger partial charge in [0, 0.05) is 5.41 Å². The number of benzene rings is 2. The summed E-state index contributed by atoms with van der Waals surface area (Å²) in [5.74, 6) is 0. The van der Waals surface area contributed by atoms with Gasteiger partial charge in [-0.3, -0.25) is 0 Å². The first-order chi connectivity index (χ1) is 9.81. The SMILES string of the molecule is O=S(=O)(/C=C/c1ccccc1C(F)(F)F)c1ccccc1. The van der Waals surface area contributed by atoms with E-state index in [4.69, 9.17) is 0 Å². The van der Waals surface area contributed by atoms with E-state index in [1.54, 1.807) is 18.2 Å². The van der Waals surface area contributed by atoms with Crippen LogP contribution in [0.5, 0.6) is 0 Å². The third-order valence-corrected chi connectivity index (χ3v) is 4.19. The lowest BCUT2D eigenvalue weighted by Crippen LogP contribution is -2.07. The van der Waals surface area contributed by atoms with E-state index in [1.165, 1.54) is 30.3 Å². The molecule has 0 amide bonds. The predicted octanol–water partition coefficient (Wildman–Crippen LogP) is 4.15. The first kappa shape index (κ1) is 15.3. The van der Waals surface area contributed by atoms with Crippen molar-refractivity contribution in [2.45, 2.75) is 11.1 Å². The smallest absolute Gasteiger partial charge is 0.219 e. The Balaban J connectivity index is 2.39. The van der Waals surface area contributed by atoms with Crippen molar-refractivity contribution in [3.63, 3.8) is 0 Å². The van der Waals surface area contributed by atoms with Crippen molar-refractivity contribution >= 4 is 15.9 Å². The summed E-state index contributed by atoms with van der Waals surface area (Å²) >= 11 is 0. The maximum atomic E-state index is 12.8. The summed E-state index contributed by atoms with van der Waals surface area (Å²) in [5, 5.41) is 0.785. The summed E-state index contributed by atoms with van der Waals surface area (Å²) in [6.07, 6.45) is -3.57. The molecule has 0 N–H and O–H groups in total. The van der Waals surface area contributed by atoms with Gasteiger partial charge in [-0.05, 0) is 29.8 Å². The van der Waals surface area contributed by atoms with Crippen molar-refractivity contribution in [3.05, 3.63) is 71.1 Å². The predicted molar refractivity (Wildman–Crippen MR) is 74.1 cm³/mol. The largest absolute Gasteiger partial charge is 0.416 e. The molecule has 0 aliphatic rings. The lowest BCUT2D eigenvalue weighted by atomic mass is 10.1. The van der Waals surface area contributed by atoms with Crippen LogP contribution in [0, 0.1) is 0 Å². The van der Waals surface area contributed by atoms with Crippen molar-refractivity contribution in [2.24, 2.45) is 0 Å². The van der Waals surface area contributed by atoms with Gasteiger partial charge in [0.15, 0.2) is 9.84 Å². The van der Waals surface area contributed by atoms with Crippen LogP contribution in [0.2, 0.25) is 0 Å². The molecule has 0 fully saturated rings. The van der Waals surface area contributed by atoms with Gasteiger partial charge < -0.3 is 0 Å². The molecule has 0 spiro atoms. The highest BCUT2D eigenvalue weighted by atomic mass is 32.2. The van der Waals surface area contributed by atoms with Crippen molar-refractivity contribution < 1.29 is 21.6 Å². The lowest BCUT2D eigenvalue weighted by Gasteiger charge is -2.09. The standard InChI is InChI=1S/C15H11F3O2S/c16-15(17,18)14-9-5-4-6-12(14)10-11-21(19,20)13-7-2-1-3-8-13/h1-11H/b11-10+. The Kier molecular flexibility index (Phi) is 4.18. The van der Waals surface area contributed by atoms with Gasteiger partial charge in [0.05, 0.1) is 10.5 Å². The van der Waals surface area contributed by atoms with Crippen LogP contribution in [0.3, 0.4) is 0 Å². The molecule has 0 aromatic heterocycles. The molecule has 0 aliphatic heterocycles. The fourth-order valence-electron chi connectivity index (χ4n) is 1.75. The van der Waals surface area contributed by atoms with Gasteiger partial charge in [-0.1, -0.05) is 36.4 Å². The molecule has 2 aromatic carbocycles. The Morgan fingerprint density at radius 1 is 0.857 bits per heavy atom. The number of alkyl halides is 3. The molecule has 21 heavy (non-hydrogen) atoms. The Bertz CT molecular complexity index is 748. The quantitative estimate of drug-likeness (QED) is 0.853. The zero-order valence-corrected chi connectivity index (χ0v) is 11.5. The minimum absolute atomic E-state index is 0.0331. The highest BCUT2D eigenvalue weighted by Gasteiger charge is 2.32. The van der Waals surface area contributed by atoms with E-state index in [9.17, 15) is 21.6 Å². The molecule has 6 heteroatoms. The monoisotopic (exact) mass is 312 g/mol. The summed E-state index contributed by atoms with van der Waals surface area (Å²) < 4.78 is 62.4. The summed E-state index contributed by atoms with van der Waals surface area (Å²) in [7, 11) is -3.77. The zero-order chi connectivity index (χ0) is 15.5. The molecule has 0 atom stereocenters. The molecule has 2 rings (SSSR count). The molecule has 0 saturated carbocycles. The molecule has 0 unspecified atom stereocenters. The highest BCUT2D eigenvalue weighted by Crippen LogP contribution is 2.32. The highest BCUT2D eigenvalue weighted by molar-refractivity contribution is 7.94. The number of hydrogen-bond donors (Lipinski definition) is 0. The fourth-order valence-corrected chi connectivity index (χ4v) is 2.77.